The Kier molecular flexibility index (Phi) is 0.547. The van der Waals surface area contributed by atoms with Crippen molar-refractivity contribution in [3.63, 3.8) is 0 Å². The fourth-order valence-corrected chi connectivity index (χ4v) is 0.0510. The Bertz CT molecular complexity index is 160. The van der Waals surface area contributed by atoms with Crippen LogP contribution in [-0.4, -0.2) is 13.1 Å². The molecule has 0 unspecified atom stereocenters. The van der Waals surface area contributed by atoms with E-state index in [1.807, 2.05) is 0 Å². The molecule has 0 aromatic heterocycles. The number of carbonyl (C=O) groups is 1. The van der Waals surface area contributed by atoms with Gasteiger partial charge in [0.2, 0.25) is 0 Å². The first-order chi connectivity index (χ1) is 4.73. The number of carbonyl (C=O) groups excluding carboxylic acids is 1. The van der Waals surface area contributed by atoms with Crippen molar-refractivity contribution in [2.24, 2.45) is 0 Å². The molecular weight excluding hydrogens is 80.0 g/mol. The van der Waals surface area contributed by atoms with Crippen molar-refractivity contribution in [3.05, 3.63) is 0 Å². The predicted octanol–water partition coefficient (Wildman–Crippen LogP) is 0.569. The van der Waals surface area contributed by atoms with Crippen LogP contribution in [0.15, 0.2) is 0 Å². The third-order valence-electron chi connectivity index (χ3n) is 0.287. The van der Waals surface area contributed by atoms with E-state index in [9.17, 15) is 4.79 Å². The Labute approximate surface area is 44.1 Å². The van der Waals surface area contributed by atoms with Crippen molar-refractivity contribution in [2.75, 3.05) is 7.11 Å². The van der Waals surface area contributed by atoms with E-state index in [1.54, 1.807) is 0 Å². The van der Waals surface area contributed by atoms with Crippen LogP contribution in [0.4, 0.5) is 0 Å². The van der Waals surface area contributed by atoms with Crippen LogP contribution in [-0.2, 0) is 9.53 Å². The van der Waals surface area contributed by atoms with E-state index < -0.39 is 19.2 Å². The highest BCUT2D eigenvalue weighted by Crippen LogP contribution is 1.76. The largest absolute Gasteiger partial charge is 0.469 e. The molecule has 0 aliphatic carbocycles. The fourth-order valence-electron chi connectivity index (χ4n) is 0.0510. The Morgan fingerprint density at radius 2 is 3.00 bits per heavy atom. The number of hydrogen-bond acceptors (Lipinski definition) is 2. The van der Waals surface area contributed by atoms with Crippen molar-refractivity contribution in [2.45, 2.75) is 13.2 Å². The summed E-state index contributed by atoms with van der Waals surface area (Å²) in [5.41, 5.74) is 0. The third kappa shape index (κ3) is 1.76. The Morgan fingerprint density at radius 3 is 3.17 bits per heavy atom. The van der Waals surface area contributed by atoms with Gasteiger partial charge >= 0.3 is 5.97 Å². The van der Waals surface area contributed by atoms with Crippen LogP contribution in [0.2, 0.25) is 0 Å². The van der Waals surface area contributed by atoms with Gasteiger partial charge in [-0.05, 0) is 0 Å². The molecule has 0 spiro atoms. The number of ether oxygens (including phenoxy) is 1. The lowest BCUT2D eigenvalue weighted by Gasteiger charge is -1.87. The SMILES string of the molecule is [2H]C([2H])([2H])C([2H])([2H])C(=O)OC. The van der Waals surface area contributed by atoms with E-state index in [0.717, 1.165) is 7.11 Å². The molecule has 0 rings (SSSR count). The first kappa shape index (κ1) is 1.22. The summed E-state index contributed by atoms with van der Waals surface area (Å²) in [5, 5.41) is 0. The minimum absolute atomic E-state index is 0.936. The summed E-state index contributed by atoms with van der Waals surface area (Å²) < 4.78 is 37.5. The summed E-state index contributed by atoms with van der Waals surface area (Å²) in [4.78, 5) is 10.5. The molecule has 0 saturated heterocycles. The highest BCUT2D eigenvalue weighted by molar-refractivity contribution is 5.68. The molecule has 2 nitrogen and oxygen atoms in total. The van der Waals surface area contributed by atoms with Gasteiger partial charge in [-0.25, -0.2) is 0 Å². The zero-order chi connectivity index (χ0) is 9.28. The van der Waals surface area contributed by atoms with Crippen LogP contribution < -0.4 is 0 Å². The van der Waals surface area contributed by atoms with Crippen LogP contribution in [0.25, 0.3) is 0 Å². The molecule has 0 aliphatic rings. The van der Waals surface area contributed by atoms with Gasteiger partial charge in [0.05, 0.1) is 7.11 Å². The van der Waals surface area contributed by atoms with Gasteiger partial charge in [-0.15, -0.1) is 0 Å². The van der Waals surface area contributed by atoms with Crippen LogP contribution in [0.3, 0.4) is 0 Å². The lowest BCUT2D eigenvalue weighted by atomic mass is 10.5. The maximum absolute atomic E-state index is 10.5. The van der Waals surface area contributed by atoms with Gasteiger partial charge in [-0.3, -0.25) is 4.79 Å². The van der Waals surface area contributed by atoms with E-state index in [0.29, 0.717) is 0 Å². The third-order valence-corrected chi connectivity index (χ3v) is 0.287. The van der Waals surface area contributed by atoms with Gasteiger partial charge in [0.25, 0.3) is 0 Å². The van der Waals surface area contributed by atoms with Gasteiger partial charge < -0.3 is 4.74 Å². The molecule has 0 saturated carbocycles. The number of hydrogen-bond donors (Lipinski definition) is 0. The van der Waals surface area contributed by atoms with Crippen molar-refractivity contribution >= 4 is 5.97 Å². The van der Waals surface area contributed by atoms with E-state index in [2.05, 4.69) is 4.74 Å². The minimum Gasteiger partial charge on any atom is -0.469 e. The lowest BCUT2D eigenvalue weighted by molar-refractivity contribution is -0.140. The van der Waals surface area contributed by atoms with Crippen molar-refractivity contribution in [1.82, 2.24) is 0 Å². The molecule has 0 amide bonds. The average molecular weight is 93.1 g/mol. The molecule has 6 heavy (non-hydrogen) atoms. The second kappa shape index (κ2) is 2.69. The standard InChI is InChI=1S/C4H8O2/c1-3-4(5)6-2/h3H2,1-2H3/i1D3,3D2. The number of rotatable bonds is 1. The zero-order valence-corrected chi connectivity index (χ0v) is 3.32. The molecule has 0 radical (unpaired) electrons. The van der Waals surface area contributed by atoms with E-state index >= 15 is 0 Å². The minimum atomic E-state index is -2.97. The van der Waals surface area contributed by atoms with E-state index in [-0.39, 0.29) is 0 Å². The van der Waals surface area contributed by atoms with Crippen molar-refractivity contribution in [3.8, 4) is 0 Å². The van der Waals surface area contributed by atoms with Gasteiger partial charge in [-0.2, -0.15) is 0 Å². The van der Waals surface area contributed by atoms with Crippen LogP contribution in [0.5, 0.6) is 0 Å². The van der Waals surface area contributed by atoms with Crippen LogP contribution in [0.1, 0.15) is 20.1 Å². The fraction of sp³-hybridized carbons (Fsp3) is 0.750. The van der Waals surface area contributed by atoms with E-state index in [4.69, 9.17) is 6.85 Å². The molecule has 0 fully saturated rings. The smallest absolute Gasteiger partial charge is 0.305 e. The molecule has 0 aromatic rings. The Morgan fingerprint density at radius 1 is 2.33 bits per heavy atom. The maximum atomic E-state index is 10.5. The number of methoxy groups -OCH3 is 1. The highest BCUT2D eigenvalue weighted by atomic mass is 16.5. The van der Waals surface area contributed by atoms with Crippen molar-refractivity contribution in [1.29, 1.82) is 0 Å². The molecule has 2 heteroatoms. The summed E-state index contributed by atoms with van der Waals surface area (Å²) in [6, 6.07) is 0. The molecule has 0 atom stereocenters. The summed E-state index contributed by atoms with van der Waals surface area (Å²) >= 11 is 0. The molecule has 0 aromatic carbocycles. The van der Waals surface area contributed by atoms with Crippen LogP contribution in [0, 0.1) is 0 Å². The summed E-state index contributed by atoms with van der Waals surface area (Å²) in [5.74, 6) is -1.38. The maximum Gasteiger partial charge on any atom is 0.305 e. The zero-order valence-electron chi connectivity index (χ0n) is 8.32. The molecule has 0 N–H and O–H groups in total. The van der Waals surface area contributed by atoms with Gasteiger partial charge in [0.1, 0.15) is 0 Å². The molecule has 0 bridgehead atoms. The van der Waals surface area contributed by atoms with Gasteiger partial charge in [0.15, 0.2) is 0 Å². The van der Waals surface area contributed by atoms with Gasteiger partial charge in [0, 0.05) is 13.2 Å². The molecule has 0 heterocycles. The van der Waals surface area contributed by atoms with Gasteiger partial charge in [-0.1, -0.05) is 6.85 Å². The quantitative estimate of drug-likeness (QED) is 0.443. The Hall–Kier alpha value is -0.530. The average Bonchev–Trinajstić information content (AvgIpc) is 1.83. The summed E-state index contributed by atoms with van der Waals surface area (Å²) in [6.45, 7) is -2.97. The summed E-state index contributed by atoms with van der Waals surface area (Å²) in [6.07, 6.45) is -2.91. The molecule has 0 aliphatic heterocycles. The number of esters is 1. The lowest BCUT2D eigenvalue weighted by Crippen LogP contribution is -1.94. The molecule has 36 valence electrons. The Balaban J connectivity index is 4.59. The second-order valence-electron chi connectivity index (χ2n) is 0.617. The normalized spacial score (nSPS) is 24.5. The first-order valence-corrected chi connectivity index (χ1v) is 1.32. The van der Waals surface area contributed by atoms with Crippen molar-refractivity contribution < 1.29 is 16.4 Å². The predicted molar refractivity (Wildman–Crippen MR) is 22.3 cm³/mol. The monoisotopic (exact) mass is 93.1 g/mol. The highest BCUT2D eigenvalue weighted by Gasteiger charge is 1.87. The second-order valence-corrected chi connectivity index (χ2v) is 0.617. The van der Waals surface area contributed by atoms with E-state index in [1.165, 1.54) is 0 Å². The topological polar surface area (TPSA) is 26.3 Å². The summed E-state index contributed by atoms with van der Waals surface area (Å²) in [7, 11) is 0.936. The first-order valence-electron chi connectivity index (χ1n) is 3.82. The van der Waals surface area contributed by atoms with Crippen LogP contribution >= 0.6 is 0 Å². The molecular formula is C4H8O2.